The molecule has 1 N–H and O–H groups in total. The van der Waals surface area contributed by atoms with Crippen molar-refractivity contribution >= 4 is 15.9 Å². The second-order valence-corrected chi connectivity index (χ2v) is 6.99. The molecular formula is C14H20BrNO. The average molecular weight is 298 g/mol. The lowest BCUT2D eigenvalue weighted by atomic mass is 9.69. The quantitative estimate of drug-likeness (QED) is 0.902. The van der Waals surface area contributed by atoms with Crippen LogP contribution in [0.3, 0.4) is 0 Å². The van der Waals surface area contributed by atoms with Gasteiger partial charge in [0.15, 0.2) is 0 Å². The second-order valence-electron chi connectivity index (χ2n) is 6.08. The third kappa shape index (κ3) is 3.52. The van der Waals surface area contributed by atoms with Gasteiger partial charge in [0.05, 0.1) is 5.60 Å². The second kappa shape index (κ2) is 4.69. The Morgan fingerprint density at radius 3 is 2.47 bits per heavy atom. The Labute approximate surface area is 112 Å². The highest BCUT2D eigenvalue weighted by atomic mass is 79.9. The van der Waals surface area contributed by atoms with E-state index in [1.54, 1.807) is 6.20 Å². The van der Waals surface area contributed by atoms with Crippen LogP contribution in [0.4, 0.5) is 0 Å². The topological polar surface area (TPSA) is 33.1 Å². The summed E-state index contributed by atoms with van der Waals surface area (Å²) in [6, 6.07) is 2.05. The van der Waals surface area contributed by atoms with E-state index in [0.717, 1.165) is 42.1 Å². The van der Waals surface area contributed by atoms with Crippen molar-refractivity contribution in [2.45, 2.75) is 51.6 Å². The number of hydrogen-bond acceptors (Lipinski definition) is 2. The van der Waals surface area contributed by atoms with Crippen molar-refractivity contribution in [1.29, 1.82) is 0 Å². The highest BCUT2D eigenvalue weighted by Crippen LogP contribution is 2.41. The number of aliphatic hydroxyl groups is 1. The van der Waals surface area contributed by atoms with Gasteiger partial charge in [0.1, 0.15) is 0 Å². The largest absolute Gasteiger partial charge is 0.390 e. The van der Waals surface area contributed by atoms with E-state index >= 15 is 0 Å². The molecule has 2 rings (SSSR count). The van der Waals surface area contributed by atoms with Crippen LogP contribution in [0.25, 0.3) is 0 Å². The van der Waals surface area contributed by atoms with Crippen molar-refractivity contribution in [2.24, 2.45) is 5.41 Å². The third-order valence-corrected chi connectivity index (χ3v) is 4.26. The van der Waals surface area contributed by atoms with Gasteiger partial charge in [-0.3, -0.25) is 4.98 Å². The van der Waals surface area contributed by atoms with Crippen LogP contribution in [0, 0.1) is 5.41 Å². The Morgan fingerprint density at radius 1 is 1.24 bits per heavy atom. The van der Waals surface area contributed by atoms with Crippen molar-refractivity contribution in [2.75, 3.05) is 0 Å². The molecule has 1 aromatic rings. The first-order valence-electron chi connectivity index (χ1n) is 6.21. The summed E-state index contributed by atoms with van der Waals surface area (Å²) in [7, 11) is 0. The molecule has 0 aromatic carbocycles. The zero-order chi connectivity index (χ0) is 12.5. The minimum atomic E-state index is -0.530. The molecule has 3 heteroatoms. The van der Waals surface area contributed by atoms with Crippen LogP contribution in [0.2, 0.25) is 0 Å². The lowest BCUT2D eigenvalue weighted by molar-refractivity contribution is -0.0251. The van der Waals surface area contributed by atoms with Gasteiger partial charge in [0.2, 0.25) is 0 Å². The molecule has 1 saturated carbocycles. The summed E-state index contributed by atoms with van der Waals surface area (Å²) in [5.41, 5.74) is 0.973. The molecule has 1 aromatic heterocycles. The van der Waals surface area contributed by atoms with Crippen LogP contribution < -0.4 is 0 Å². The van der Waals surface area contributed by atoms with E-state index in [1.807, 2.05) is 12.3 Å². The standard InChI is InChI=1S/C14H20BrNO/c1-13(2)3-5-14(17,6-4-13)8-11-7-12(15)10-16-9-11/h7,9-10,17H,3-6,8H2,1-2H3. The van der Waals surface area contributed by atoms with Gasteiger partial charge in [-0.15, -0.1) is 0 Å². The number of rotatable bonds is 2. The fourth-order valence-corrected chi connectivity index (χ4v) is 2.91. The zero-order valence-corrected chi connectivity index (χ0v) is 12.1. The van der Waals surface area contributed by atoms with Crippen LogP contribution in [-0.2, 0) is 6.42 Å². The normalized spacial score (nSPS) is 22.4. The first kappa shape index (κ1) is 13.0. The van der Waals surface area contributed by atoms with Crippen molar-refractivity contribution in [3.05, 3.63) is 28.5 Å². The molecule has 17 heavy (non-hydrogen) atoms. The molecule has 94 valence electrons. The van der Waals surface area contributed by atoms with Crippen molar-refractivity contribution in [1.82, 2.24) is 4.98 Å². The highest BCUT2D eigenvalue weighted by Gasteiger charge is 2.36. The lowest BCUT2D eigenvalue weighted by Gasteiger charge is -2.40. The van der Waals surface area contributed by atoms with E-state index in [0.29, 0.717) is 5.41 Å². The zero-order valence-electron chi connectivity index (χ0n) is 10.5. The van der Waals surface area contributed by atoms with Crippen LogP contribution in [0.1, 0.15) is 45.1 Å². The van der Waals surface area contributed by atoms with E-state index in [2.05, 4.69) is 34.8 Å². The maximum atomic E-state index is 10.6. The molecule has 1 fully saturated rings. The first-order chi connectivity index (χ1) is 7.89. The monoisotopic (exact) mass is 297 g/mol. The van der Waals surface area contributed by atoms with E-state index in [4.69, 9.17) is 0 Å². The van der Waals surface area contributed by atoms with Gasteiger partial charge in [-0.25, -0.2) is 0 Å². The summed E-state index contributed by atoms with van der Waals surface area (Å²) in [6.07, 6.45) is 8.34. The SMILES string of the molecule is CC1(C)CCC(O)(Cc2cncc(Br)c2)CC1. The number of halogens is 1. The fraction of sp³-hybridized carbons (Fsp3) is 0.643. The molecule has 0 spiro atoms. The van der Waals surface area contributed by atoms with Crippen molar-refractivity contribution in [3.8, 4) is 0 Å². The molecule has 1 aliphatic carbocycles. The Morgan fingerprint density at radius 2 is 1.88 bits per heavy atom. The predicted molar refractivity (Wildman–Crippen MR) is 72.8 cm³/mol. The van der Waals surface area contributed by atoms with E-state index < -0.39 is 5.60 Å². The van der Waals surface area contributed by atoms with Gasteiger partial charge in [-0.1, -0.05) is 13.8 Å². The van der Waals surface area contributed by atoms with E-state index in [-0.39, 0.29) is 0 Å². The predicted octanol–water partition coefficient (Wildman–Crippen LogP) is 3.72. The Hall–Kier alpha value is -0.410. The maximum Gasteiger partial charge on any atom is 0.0689 e. The number of aromatic nitrogens is 1. The average Bonchev–Trinajstić information content (AvgIpc) is 2.24. The van der Waals surface area contributed by atoms with E-state index in [9.17, 15) is 5.11 Å². The molecule has 0 amide bonds. The van der Waals surface area contributed by atoms with Crippen LogP contribution in [0.15, 0.2) is 22.9 Å². The summed E-state index contributed by atoms with van der Waals surface area (Å²) >= 11 is 3.42. The van der Waals surface area contributed by atoms with Gasteiger partial charge in [0, 0.05) is 23.3 Å². The molecule has 1 heterocycles. The molecule has 0 atom stereocenters. The van der Waals surface area contributed by atoms with Crippen molar-refractivity contribution in [3.63, 3.8) is 0 Å². The Bertz CT molecular complexity index is 393. The summed E-state index contributed by atoms with van der Waals surface area (Å²) < 4.78 is 0.981. The first-order valence-corrected chi connectivity index (χ1v) is 7.00. The molecule has 0 bridgehead atoms. The number of hydrogen-bond donors (Lipinski definition) is 1. The Kier molecular flexibility index (Phi) is 3.60. The van der Waals surface area contributed by atoms with Gasteiger partial charge >= 0.3 is 0 Å². The number of nitrogens with zero attached hydrogens (tertiary/aromatic N) is 1. The molecule has 0 radical (unpaired) electrons. The van der Waals surface area contributed by atoms with Gasteiger partial charge in [-0.2, -0.15) is 0 Å². The lowest BCUT2D eigenvalue weighted by Crippen LogP contribution is -2.38. The smallest absolute Gasteiger partial charge is 0.0689 e. The highest BCUT2D eigenvalue weighted by molar-refractivity contribution is 9.10. The molecule has 0 unspecified atom stereocenters. The fourth-order valence-electron chi connectivity index (χ4n) is 2.50. The molecule has 2 nitrogen and oxygen atoms in total. The minimum Gasteiger partial charge on any atom is -0.390 e. The summed E-state index contributed by atoms with van der Waals surface area (Å²) in [4.78, 5) is 4.15. The molecule has 0 aliphatic heterocycles. The van der Waals surface area contributed by atoms with Gasteiger partial charge < -0.3 is 5.11 Å². The maximum absolute atomic E-state index is 10.6. The van der Waals surface area contributed by atoms with Gasteiger partial charge in [-0.05, 0) is 58.7 Å². The Balaban J connectivity index is 2.04. The summed E-state index contributed by atoms with van der Waals surface area (Å²) in [5.74, 6) is 0. The van der Waals surface area contributed by atoms with Gasteiger partial charge in [0.25, 0.3) is 0 Å². The van der Waals surface area contributed by atoms with E-state index in [1.165, 1.54) is 0 Å². The van der Waals surface area contributed by atoms with Crippen LogP contribution >= 0.6 is 15.9 Å². The summed E-state index contributed by atoms with van der Waals surface area (Å²) in [5, 5.41) is 10.6. The minimum absolute atomic E-state index is 0.391. The molecule has 0 saturated heterocycles. The van der Waals surface area contributed by atoms with Crippen LogP contribution in [-0.4, -0.2) is 15.7 Å². The third-order valence-electron chi connectivity index (χ3n) is 3.83. The number of pyridine rings is 1. The molecule has 1 aliphatic rings. The van der Waals surface area contributed by atoms with Crippen molar-refractivity contribution < 1.29 is 5.11 Å². The molecular weight excluding hydrogens is 278 g/mol. The summed E-state index contributed by atoms with van der Waals surface area (Å²) in [6.45, 7) is 4.57. The van der Waals surface area contributed by atoms with Crippen LogP contribution in [0.5, 0.6) is 0 Å².